The van der Waals surface area contributed by atoms with Gasteiger partial charge in [0.1, 0.15) is 17.7 Å². The summed E-state index contributed by atoms with van der Waals surface area (Å²) in [6.07, 6.45) is 2.02. The quantitative estimate of drug-likeness (QED) is 0.202. The van der Waals surface area contributed by atoms with Crippen LogP contribution in [0.5, 0.6) is 0 Å². The lowest BCUT2D eigenvalue weighted by Crippen LogP contribution is -2.35. The second-order valence-electron chi connectivity index (χ2n) is 14.1. The molecule has 10 aromatic rings. The minimum absolute atomic E-state index is 0.124. The number of benzene rings is 8. The maximum atomic E-state index is 5.33. The molecule has 0 spiro atoms. The molecule has 2 aromatic heterocycles. The molecule has 248 valence electrons. The standard InChI is InChI=1S/C48H31N5/c1-2-16-34(17-3-1)51-41-20-10-8-18-36(41)40-28-35(22-23-43(40)51)52-42-21-11-9-19-37(42)47-48(52)49-29-46(50-47)53-44-26-32-14-6-4-12-30(32)24-38(44)39-25-31-13-5-7-15-33(31)27-45(39)53/h1-29,47,50H. The highest BCUT2D eigenvalue weighted by Gasteiger charge is 2.38. The average Bonchev–Trinajstić information content (AvgIpc) is 3.84. The summed E-state index contributed by atoms with van der Waals surface area (Å²) >= 11 is 0. The molecule has 0 aliphatic carbocycles. The van der Waals surface area contributed by atoms with E-state index in [-0.39, 0.29) is 6.04 Å². The van der Waals surface area contributed by atoms with Gasteiger partial charge >= 0.3 is 0 Å². The van der Waals surface area contributed by atoms with Crippen molar-refractivity contribution in [3.8, 4) is 5.69 Å². The van der Waals surface area contributed by atoms with Crippen molar-refractivity contribution in [3.05, 3.63) is 182 Å². The Bertz CT molecular complexity index is 3120. The normalized spacial score (nSPS) is 15.3. The highest BCUT2D eigenvalue weighted by Crippen LogP contribution is 2.46. The minimum atomic E-state index is -0.124. The third-order valence-corrected chi connectivity index (χ3v) is 11.3. The fourth-order valence-electron chi connectivity index (χ4n) is 8.91. The Morgan fingerprint density at radius 2 is 1.02 bits per heavy atom. The molecule has 2 aliphatic heterocycles. The molecule has 0 radical (unpaired) electrons. The summed E-state index contributed by atoms with van der Waals surface area (Å²) in [5.41, 5.74) is 9.30. The molecule has 1 unspecified atom stereocenters. The fourth-order valence-corrected chi connectivity index (χ4v) is 8.91. The lowest BCUT2D eigenvalue weighted by Gasteiger charge is -2.27. The number of fused-ring (bicyclic) bond motifs is 11. The SMILES string of the molecule is C1=C(n2c3cc4ccccc4cc3c3cc4ccccc4cc32)NC2C(=N1)N(c1ccc3c(c1)c1ccccc1n3-c1ccccc1)c1ccccc12. The lowest BCUT2D eigenvalue weighted by molar-refractivity contribution is 0.775. The Kier molecular flexibility index (Phi) is 5.77. The summed E-state index contributed by atoms with van der Waals surface area (Å²) in [7, 11) is 0. The third kappa shape index (κ3) is 4.04. The Labute approximate surface area is 304 Å². The molecular formula is C48H31N5. The molecule has 0 saturated heterocycles. The number of amidine groups is 1. The summed E-state index contributed by atoms with van der Waals surface area (Å²) in [4.78, 5) is 7.66. The summed E-state index contributed by atoms with van der Waals surface area (Å²) in [5, 5.41) is 13.8. The number of hydrogen-bond acceptors (Lipinski definition) is 3. The van der Waals surface area contributed by atoms with Crippen molar-refractivity contribution < 1.29 is 0 Å². The molecule has 53 heavy (non-hydrogen) atoms. The zero-order valence-electron chi connectivity index (χ0n) is 28.6. The van der Waals surface area contributed by atoms with E-state index < -0.39 is 0 Å². The van der Waals surface area contributed by atoms with Crippen LogP contribution < -0.4 is 10.2 Å². The van der Waals surface area contributed by atoms with E-state index in [0.29, 0.717) is 0 Å². The van der Waals surface area contributed by atoms with Crippen LogP contribution in [0.2, 0.25) is 0 Å². The fraction of sp³-hybridized carbons (Fsp3) is 0.0208. The molecular weight excluding hydrogens is 647 g/mol. The summed E-state index contributed by atoms with van der Waals surface area (Å²) < 4.78 is 4.74. The number of anilines is 2. The molecule has 5 nitrogen and oxygen atoms in total. The first-order chi connectivity index (χ1) is 26.3. The topological polar surface area (TPSA) is 37.5 Å². The second kappa shape index (κ2) is 10.7. The number of hydrogen-bond donors (Lipinski definition) is 1. The van der Waals surface area contributed by atoms with Crippen LogP contribution in [0.4, 0.5) is 11.4 Å². The van der Waals surface area contributed by atoms with Crippen LogP contribution in [0.3, 0.4) is 0 Å². The van der Waals surface area contributed by atoms with E-state index in [1.165, 1.54) is 59.7 Å². The predicted molar refractivity (Wildman–Crippen MR) is 221 cm³/mol. The number of aromatic nitrogens is 2. The van der Waals surface area contributed by atoms with Crippen molar-refractivity contribution in [3.63, 3.8) is 0 Å². The van der Waals surface area contributed by atoms with Gasteiger partial charge in [-0.15, -0.1) is 0 Å². The second-order valence-corrected chi connectivity index (χ2v) is 14.1. The number of para-hydroxylation sites is 3. The smallest absolute Gasteiger partial charge is 0.141 e. The predicted octanol–water partition coefficient (Wildman–Crippen LogP) is 11.8. The van der Waals surface area contributed by atoms with Gasteiger partial charge in [-0.3, -0.25) is 9.47 Å². The molecule has 8 aromatic carbocycles. The zero-order valence-corrected chi connectivity index (χ0v) is 28.6. The van der Waals surface area contributed by atoms with Gasteiger partial charge in [0.25, 0.3) is 0 Å². The van der Waals surface area contributed by atoms with E-state index >= 15 is 0 Å². The van der Waals surface area contributed by atoms with Crippen molar-refractivity contribution in [2.24, 2.45) is 4.99 Å². The molecule has 0 saturated carbocycles. The molecule has 2 aliphatic rings. The van der Waals surface area contributed by atoms with E-state index in [4.69, 9.17) is 4.99 Å². The van der Waals surface area contributed by atoms with Crippen molar-refractivity contribution in [2.75, 3.05) is 4.90 Å². The van der Waals surface area contributed by atoms with Crippen LogP contribution in [-0.4, -0.2) is 15.0 Å². The lowest BCUT2D eigenvalue weighted by atomic mass is 10.0. The van der Waals surface area contributed by atoms with Crippen molar-refractivity contribution in [1.29, 1.82) is 0 Å². The third-order valence-electron chi connectivity index (χ3n) is 11.3. The first-order valence-corrected chi connectivity index (χ1v) is 18.2. The van der Waals surface area contributed by atoms with Gasteiger partial charge in [-0.05, 0) is 88.3 Å². The van der Waals surface area contributed by atoms with Crippen LogP contribution in [-0.2, 0) is 0 Å². The molecule has 0 amide bonds. The molecule has 12 rings (SSSR count). The molecule has 0 bridgehead atoms. The van der Waals surface area contributed by atoms with Crippen LogP contribution >= 0.6 is 0 Å². The average molecular weight is 678 g/mol. The Hall–Kier alpha value is -7.11. The van der Waals surface area contributed by atoms with Crippen LogP contribution in [0.15, 0.2) is 181 Å². The molecule has 1 atom stereocenters. The van der Waals surface area contributed by atoms with Crippen molar-refractivity contribution in [2.45, 2.75) is 6.04 Å². The van der Waals surface area contributed by atoms with E-state index in [1.807, 2.05) is 6.20 Å². The minimum Gasteiger partial charge on any atom is -0.356 e. The summed E-state index contributed by atoms with van der Waals surface area (Å²) in [6.45, 7) is 0. The van der Waals surface area contributed by atoms with E-state index in [9.17, 15) is 0 Å². The Balaban J connectivity index is 1.06. The van der Waals surface area contributed by atoms with E-state index in [0.717, 1.165) is 39.8 Å². The monoisotopic (exact) mass is 677 g/mol. The maximum absolute atomic E-state index is 5.33. The van der Waals surface area contributed by atoms with Gasteiger partial charge in [0.2, 0.25) is 0 Å². The van der Waals surface area contributed by atoms with Gasteiger partial charge in [-0.25, -0.2) is 4.99 Å². The highest BCUT2D eigenvalue weighted by atomic mass is 15.3. The highest BCUT2D eigenvalue weighted by molar-refractivity contribution is 6.19. The molecule has 4 heterocycles. The summed E-state index contributed by atoms with van der Waals surface area (Å²) in [6, 6.07) is 61.4. The van der Waals surface area contributed by atoms with E-state index in [1.54, 1.807) is 0 Å². The van der Waals surface area contributed by atoms with E-state index in [2.05, 4.69) is 189 Å². The first kappa shape index (κ1) is 28.6. The maximum Gasteiger partial charge on any atom is 0.141 e. The molecule has 0 fully saturated rings. The summed E-state index contributed by atoms with van der Waals surface area (Å²) in [5.74, 6) is 1.93. The largest absolute Gasteiger partial charge is 0.356 e. The van der Waals surface area contributed by atoms with Gasteiger partial charge in [0.15, 0.2) is 0 Å². The Morgan fingerprint density at radius 1 is 0.434 bits per heavy atom. The molecule has 5 heteroatoms. The van der Waals surface area contributed by atoms with Gasteiger partial charge < -0.3 is 9.88 Å². The number of aliphatic imine (C=N–C) groups is 1. The molecule has 1 N–H and O–H groups in total. The number of nitrogens with zero attached hydrogens (tertiary/aromatic N) is 4. The van der Waals surface area contributed by atoms with Crippen molar-refractivity contribution in [1.82, 2.24) is 14.5 Å². The van der Waals surface area contributed by atoms with Crippen LogP contribution in [0.25, 0.3) is 76.7 Å². The van der Waals surface area contributed by atoms with Crippen molar-refractivity contribution >= 4 is 88.2 Å². The number of rotatable bonds is 3. The van der Waals surface area contributed by atoms with Crippen LogP contribution in [0.1, 0.15) is 11.6 Å². The number of nitrogens with one attached hydrogen (secondary N) is 1. The first-order valence-electron chi connectivity index (χ1n) is 18.2. The Morgan fingerprint density at radius 3 is 1.75 bits per heavy atom. The van der Waals surface area contributed by atoms with Crippen LogP contribution in [0, 0.1) is 0 Å². The van der Waals surface area contributed by atoms with Gasteiger partial charge in [-0.1, -0.05) is 103 Å². The zero-order chi connectivity index (χ0) is 34.6. The van der Waals surface area contributed by atoms with Gasteiger partial charge in [0.05, 0.1) is 34.0 Å². The van der Waals surface area contributed by atoms with Gasteiger partial charge in [0, 0.05) is 38.5 Å². The van der Waals surface area contributed by atoms with Gasteiger partial charge in [-0.2, -0.15) is 0 Å².